The van der Waals surface area contributed by atoms with Gasteiger partial charge in [0.15, 0.2) is 11.6 Å². The minimum atomic E-state index is -1.22. The predicted molar refractivity (Wildman–Crippen MR) is 93.3 cm³/mol. The van der Waals surface area contributed by atoms with E-state index in [4.69, 9.17) is 4.74 Å². The Hall–Kier alpha value is -3.68. The number of aromatic nitrogens is 3. The summed E-state index contributed by atoms with van der Waals surface area (Å²) in [7, 11) is 0. The van der Waals surface area contributed by atoms with Crippen LogP contribution < -0.4 is 5.32 Å². The van der Waals surface area contributed by atoms with Gasteiger partial charge in [-0.1, -0.05) is 30.3 Å². The van der Waals surface area contributed by atoms with Crippen molar-refractivity contribution in [3.05, 3.63) is 71.5 Å². The van der Waals surface area contributed by atoms with Gasteiger partial charge in [0, 0.05) is 6.20 Å². The number of carboxylic acid groups (broad SMARTS) is 1. The maximum atomic E-state index is 12.1. The fourth-order valence-electron chi connectivity index (χ4n) is 2.29. The van der Waals surface area contributed by atoms with Crippen molar-refractivity contribution in [3.63, 3.8) is 0 Å². The molecule has 0 saturated heterocycles. The molecule has 0 aliphatic rings. The highest BCUT2D eigenvalue weighted by molar-refractivity contribution is 5.97. The Balaban J connectivity index is 1.82. The Morgan fingerprint density at radius 3 is 2.69 bits per heavy atom. The van der Waals surface area contributed by atoms with E-state index in [1.807, 2.05) is 37.3 Å². The van der Waals surface area contributed by atoms with E-state index >= 15 is 0 Å². The fourth-order valence-corrected chi connectivity index (χ4v) is 2.29. The van der Waals surface area contributed by atoms with Crippen molar-refractivity contribution in [1.82, 2.24) is 14.8 Å². The molecule has 0 spiro atoms. The SMILES string of the molecule is Cc1ccnc(-n2ncc(C(=O)O)c2NC(=O)OCc2ccccc2)c1. The first kappa shape index (κ1) is 17.2. The molecule has 0 aliphatic carbocycles. The number of ether oxygens (including phenoxy) is 1. The first-order valence-corrected chi connectivity index (χ1v) is 7.76. The lowest BCUT2D eigenvalue weighted by Gasteiger charge is -2.10. The van der Waals surface area contributed by atoms with E-state index in [0.717, 1.165) is 17.3 Å². The molecule has 1 aromatic carbocycles. The smallest absolute Gasteiger partial charge is 0.413 e. The van der Waals surface area contributed by atoms with Gasteiger partial charge in [-0.15, -0.1) is 0 Å². The lowest BCUT2D eigenvalue weighted by atomic mass is 10.2. The number of hydrogen-bond acceptors (Lipinski definition) is 5. The Bertz CT molecular complexity index is 937. The number of nitrogens with one attached hydrogen (secondary N) is 1. The Morgan fingerprint density at radius 2 is 2.00 bits per heavy atom. The molecule has 0 unspecified atom stereocenters. The summed E-state index contributed by atoms with van der Waals surface area (Å²) in [6, 6.07) is 12.7. The number of anilines is 1. The zero-order chi connectivity index (χ0) is 18.5. The number of carboxylic acids is 1. The summed E-state index contributed by atoms with van der Waals surface area (Å²) in [5.41, 5.74) is 1.57. The molecule has 26 heavy (non-hydrogen) atoms. The first-order valence-electron chi connectivity index (χ1n) is 7.76. The third kappa shape index (κ3) is 3.86. The standard InChI is InChI=1S/C18H16N4O4/c1-12-7-8-19-15(9-12)22-16(14(10-20-22)17(23)24)21-18(25)26-11-13-5-3-2-4-6-13/h2-10H,11H2,1H3,(H,21,25)(H,23,24). The van der Waals surface area contributed by atoms with E-state index in [2.05, 4.69) is 15.4 Å². The van der Waals surface area contributed by atoms with Crippen LogP contribution in [0.2, 0.25) is 0 Å². The molecule has 0 saturated carbocycles. The van der Waals surface area contributed by atoms with Gasteiger partial charge in [-0.3, -0.25) is 5.32 Å². The maximum absolute atomic E-state index is 12.1. The monoisotopic (exact) mass is 352 g/mol. The number of hydrogen-bond donors (Lipinski definition) is 2. The number of carbonyl (C=O) groups excluding carboxylic acids is 1. The van der Waals surface area contributed by atoms with Crippen molar-refractivity contribution in [2.75, 3.05) is 5.32 Å². The second-order valence-electron chi connectivity index (χ2n) is 5.50. The zero-order valence-corrected chi connectivity index (χ0v) is 13.9. The van der Waals surface area contributed by atoms with Gasteiger partial charge in [-0.05, 0) is 30.2 Å². The van der Waals surface area contributed by atoms with Crippen LogP contribution in [0.5, 0.6) is 0 Å². The molecule has 0 bridgehead atoms. The molecule has 2 N–H and O–H groups in total. The minimum Gasteiger partial charge on any atom is -0.477 e. The quantitative estimate of drug-likeness (QED) is 0.731. The summed E-state index contributed by atoms with van der Waals surface area (Å²) in [6.07, 6.45) is 1.94. The van der Waals surface area contributed by atoms with Gasteiger partial charge >= 0.3 is 12.1 Å². The largest absolute Gasteiger partial charge is 0.477 e. The van der Waals surface area contributed by atoms with E-state index in [9.17, 15) is 14.7 Å². The second kappa shape index (κ2) is 7.47. The minimum absolute atomic E-state index is 0.0198. The van der Waals surface area contributed by atoms with Crippen LogP contribution in [-0.2, 0) is 11.3 Å². The molecule has 132 valence electrons. The van der Waals surface area contributed by atoms with Gasteiger partial charge in [-0.25, -0.2) is 14.6 Å². The van der Waals surface area contributed by atoms with E-state index < -0.39 is 12.1 Å². The van der Waals surface area contributed by atoms with Crippen LogP contribution in [0.15, 0.2) is 54.9 Å². The van der Waals surface area contributed by atoms with Crippen molar-refractivity contribution in [1.29, 1.82) is 0 Å². The Morgan fingerprint density at radius 1 is 1.23 bits per heavy atom. The van der Waals surface area contributed by atoms with Gasteiger partial charge < -0.3 is 9.84 Å². The molecule has 2 aromatic heterocycles. The van der Waals surface area contributed by atoms with Gasteiger partial charge in [0.25, 0.3) is 0 Å². The van der Waals surface area contributed by atoms with Crippen molar-refractivity contribution in [2.24, 2.45) is 0 Å². The molecule has 0 aliphatic heterocycles. The molecule has 0 radical (unpaired) electrons. The van der Waals surface area contributed by atoms with Crippen LogP contribution in [0.1, 0.15) is 21.5 Å². The van der Waals surface area contributed by atoms with Crippen molar-refractivity contribution in [2.45, 2.75) is 13.5 Å². The second-order valence-corrected chi connectivity index (χ2v) is 5.50. The van der Waals surface area contributed by atoms with Gasteiger partial charge in [0.1, 0.15) is 12.2 Å². The molecule has 0 fully saturated rings. The summed E-state index contributed by atoms with van der Waals surface area (Å²) in [6.45, 7) is 1.93. The van der Waals surface area contributed by atoms with Gasteiger partial charge in [-0.2, -0.15) is 9.78 Å². The first-order chi connectivity index (χ1) is 12.5. The lowest BCUT2D eigenvalue weighted by molar-refractivity contribution is 0.0698. The maximum Gasteiger partial charge on any atom is 0.413 e. The molecule has 3 aromatic rings. The van der Waals surface area contributed by atoms with Gasteiger partial charge in [0.05, 0.1) is 6.20 Å². The van der Waals surface area contributed by atoms with Gasteiger partial charge in [0.2, 0.25) is 0 Å². The Kier molecular flexibility index (Phi) is 4.93. The molecule has 8 heteroatoms. The average Bonchev–Trinajstić information content (AvgIpc) is 3.04. The van der Waals surface area contributed by atoms with E-state index in [-0.39, 0.29) is 18.0 Å². The number of nitrogens with zero attached hydrogens (tertiary/aromatic N) is 3. The summed E-state index contributed by atoms with van der Waals surface area (Å²) in [4.78, 5) is 27.7. The zero-order valence-electron chi connectivity index (χ0n) is 13.9. The number of aryl methyl sites for hydroxylation is 1. The van der Waals surface area contributed by atoms with Crippen LogP contribution in [-0.4, -0.2) is 31.9 Å². The van der Waals surface area contributed by atoms with E-state index in [1.54, 1.807) is 18.3 Å². The van der Waals surface area contributed by atoms with E-state index in [0.29, 0.717) is 5.82 Å². The summed E-state index contributed by atoms with van der Waals surface area (Å²) in [5.74, 6) is -0.855. The molecule has 2 heterocycles. The summed E-state index contributed by atoms with van der Waals surface area (Å²) in [5, 5.41) is 15.8. The fraction of sp³-hybridized carbons (Fsp3) is 0.111. The number of aromatic carboxylic acids is 1. The highest BCUT2D eigenvalue weighted by Gasteiger charge is 2.21. The molecule has 3 rings (SSSR count). The highest BCUT2D eigenvalue weighted by Crippen LogP contribution is 2.20. The molecular weight excluding hydrogens is 336 g/mol. The van der Waals surface area contributed by atoms with Crippen LogP contribution >= 0.6 is 0 Å². The average molecular weight is 352 g/mol. The normalized spacial score (nSPS) is 10.3. The number of carbonyl (C=O) groups is 2. The van der Waals surface area contributed by atoms with Crippen LogP contribution in [0, 0.1) is 6.92 Å². The molecule has 1 amide bonds. The Labute approximate surface area is 149 Å². The third-order valence-corrected chi connectivity index (χ3v) is 3.55. The summed E-state index contributed by atoms with van der Waals surface area (Å²) < 4.78 is 6.40. The van der Waals surface area contributed by atoms with Crippen LogP contribution in [0.4, 0.5) is 10.6 Å². The number of pyridine rings is 1. The van der Waals surface area contributed by atoms with Crippen molar-refractivity contribution < 1.29 is 19.4 Å². The van der Waals surface area contributed by atoms with Crippen LogP contribution in [0.3, 0.4) is 0 Å². The predicted octanol–water partition coefficient (Wildman–Crippen LogP) is 3.02. The number of rotatable bonds is 5. The lowest BCUT2D eigenvalue weighted by Crippen LogP contribution is -2.18. The number of amides is 1. The number of benzene rings is 1. The van der Waals surface area contributed by atoms with Crippen molar-refractivity contribution >= 4 is 17.9 Å². The van der Waals surface area contributed by atoms with E-state index in [1.165, 1.54) is 4.68 Å². The highest BCUT2D eigenvalue weighted by atomic mass is 16.5. The van der Waals surface area contributed by atoms with Crippen LogP contribution in [0.25, 0.3) is 5.82 Å². The molecule has 0 atom stereocenters. The topological polar surface area (TPSA) is 106 Å². The van der Waals surface area contributed by atoms with Crippen molar-refractivity contribution in [3.8, 4) is 5.82 Å². The molecular formula is C18H16N4O4. The third-order valence-electron chi connectivity index (χ3n) is 3.55. The molecule has 8 nitrogen and oxygen atoms in total. The summed E-state index contributed by atoms with van der Waals surface area (Å²) >= 11 is 0.